The van der Waals surface area contributed by atoms with Crippen LogP contribution in [0, 0.1) is 11.8 Å². The van der Waals surface area contributed by atoms with Crippen LogP contribution < -0.4 is 9.47 Å². The number of ether oxygens (including phenoxy) is 2. The molecule has 110 valence electrons. The van der Waals surface area contributed by atoms with Gasteiger partial charge in [-0.15, -0.1) is 12.4 Å². The normalized spacial score (nSPS) is 14.1. The fourth-order valence-corrected chi connectivity index (χ4v) is 2.10. The maximum absolute atomic E-state index is 5.59. The zero-order chi connectivity index (χ0) is 13.3. The SMILES string of the molecule is CCOc1cccc(OCC#CCN2CCCC2)c1.Cl. The van der Waals surface area contributed by atoms with Crippen molar-refractivity contribution in [3.63, 3.8) is 0 Å². The van der Waals surface area contributed by atoms with Crippen LogP contribution in [0.2, 0.25) is 0 Å². The van der Waals surface area contributed by atoms with Gasteiger partial charge in [0, 0.05) is 6.07 Å². The first-order valence-corrected chi connectivity index (χ1v) is 6.92. The Kier molecular flexibility index (Phi) is 7.94. The number of halogens is 1. The van der Waals surface area contributed by atoms with E-state index in [0.717, 1.165) is 18.0 Å². The maximum Gasteiger partial charge on any atom is 0.149 e. The van der Waals surface area contributed by atoms with Crippen LogP contribution in [0.25, 0.3) is 0 Å². The second kappa shape index (κ2) is 9.52. The van der Waals surface area contributed by atoms with Crippen molar-refractivity contribution in [2.45, 2.75) is 19.8 Å². The monoisotopic (exact) mass is 295 g/mol. The van der Waals surface area contributed by atoms with Gasteiger partial charge in [-0.05, 0) is 45.0 Å². The summed E-state index contributed by atoms with van der Waals surface area (Å²) in [5.74, 6) is 7.86. The molecule has 0 radical (unpaired) electrons. The molecule has 2 rings (SSSR count). The smallest absolute Gasteiger partial charge is 0.149 e. The number of hydrogen-bond acceptors (Lipinski definition) is 3. The van der Waals surface area contributed by atoms with E-state index in [1.165, 1.54) is 25.9 Å². The molecule has 0 bridgehead atoms. The van der Waals surface area contributed by atoms with Crippen LogP contribution in [-0.4, -0.2) is 37.7 Å². The lowest BCUT2D eigenvalue weighted by atomic mass is 10.3. The van der Waals surface area contributed by atoms with Gasteiger partial charge < -0.3 is 9.47 Å². The van der Waals surface area contributed by atoms with E-state index in [9.17, 15) is 0 Å². The van der Waals surface area contributed by atoms with Crippen LogP contribution in [0.3, 0.4) is 0 Å². The standard InChI is InChI=1S/C16H21NO2.ClH/c1-2-18-15-8-7-9-16(14-15)19-13-6-5-12-17-10-3-4-11-17;/h7-9,14H,2-4,10-13H2,1H3;1H. The van der Waals surface area contributed by atoms with E-state index >= 15 is 0 Å². The van der Waals surface area contributed by atoms with Crippen LogP contribution in [0.1, 0.15) is 19.8 Å². The minimum atomic E-state index is 0. The van der Waals surface area contributed by atoms with Crippen molar-refractivity contribution in [2.24, 2.45) is 0 Å². The molecule has 0 N–H and O–H groups in total. The van der Waals surface area contributed by atoms with Crippen molar-refractivity contribution in [3.8, 4) is 23.3 Å². The van der Waals surface area contributed by atoms with Gasteiger partial charge in [0.1, 0.15) is 18.1 Å². The van der Waals surface area contributed by atoms with Crippen LogP contribution in [0.5, 0.6) is 11.5 Å². The molecule has 4 heteroatoms. The van der Waals surface area contributed by atoms with Gasteiger partial charge in [-0.1, -0.05) is 17.9 Å². The summed E-state index contributed by atoms with van der Waals surface area (Å²) in [5, 5.41) is 0. The van der Waals surface area contributed by atoms with E-state index in [0.29, 0.717) is 13.2 Å². The van der Waals surface area contributed by atoms with Crippen molar-refractivity contribution >= 4 is 12.4 Å². The van der Waals surface area contributed by atoms with Gasteiger partial charge in [-0.25, -0.2) is 0 Å². The molecule has 1 aliphatic rings. The summed E-state index contributed by atoms with van der Waals surface area (Å²) in [6.07, 6.45) is 2.62. The zero-order valence-corrected chi connectivity index (χ0v) is 12.7. The number of rotatable bonds is 5. The molecule has 20 heavy (non-hydrogen) atoms. The molecule has 0 amide bonds. The highest BCUT2D eigenvalue weighted by Crippen LogP contribution is 2.19. The molecule has 0 atom stereocenters. The quantitative estimate of drug-likeness (QED) is 0.780. The average molecular weight is 296 g/mol. The third-order valence-corrected chi connectivity index (χ3v) is 3.05. The van der Waals surface area contributed by atoms with E-state index in [4.69, 9.17) is 9.47 Å². The Morgan fingerprint density at radius 1 is 1.10 bits per heavy atom. The van der Waals surface area contributed by atoms with Gasteiger partial charge in [0.15, 0.2) is 0 Å². The summed E-state index contributed by atoms with van der Waals surface area (Å²) in [6.45, 7) is 6.31. The molecule has 0 saturated carbocycles. The Balaban J connectivity index is 0.00000200. The van der Waals surface area contributed by atoms with E-state index in [1.54, 1.807) is 0 Å². The fourth-order valence-electron chi connectivity index (χ4n) is 2.10. The number of hydrogen-bond donors (Lipinski definition) is 0. The molecule has 0 spiro atoms. The van der Waals surface area contributed by atoms with Gasteiger partial charge in [0.2, 0.25) is 0 Å². The van der Waals surface area contributed by atoms with Crippen LogP contribution in [0.15, 0.2) is 24.3 Å². The molecule has 1 aromatic carbocycles. The lowest BCUT2D eigenvalue weighted by Crippen LogP contribution is -2.19. The second-order valence-corrected chi connectivity index (χ2v) is 4.53. The van der Waals surface area contributed by atoms with Gasteiger partial charge in [-0.2, -0.15) is 0 Å². The molecular formula is C16H22ClNO2. The van der Waals surface area contributed by atoms with Crippen molar-refractivity contribution in [3.05, 3.63) is 24.3 Å². The van der Waals surface area contributed by atoms with Crippen molar-refractivity contribution in [1.82, 2.24) is 4.90 Å². The topological polar surface area (TPSA) is 21.7 Å². The molecule has 1 fully saturated rings. The predicted molar refractivity (Wildman–Crippen MR) is 83.8 cm³/mol. The van der Waals surface area contributed by atoms with Gasteiger partial charge in [0.25, 0.3) is 0 Å². The molecular weight excluding hydrogens is 274 g/mol. The second-order valence-electron chi connectivity index (χ2n) is 4.53. The molecule has 3 nitrogen and oxygen atoms in total. The van der Waals surface area contributed by atoms with Crippen molar-refractivity contribution in [1.29, 1.82) is 0 Å². The zero-order valence-electron chi connectivity index (χ0n) is 11.9. The Morgan fingerprint density at radius 2 is 1.80 bits per heavy atom. The molecule has 0 unspecified atom stereocenters. The van der Waals surface area contributed by atoms with E-state index in [1.807, 2.05) is 31.2 Å². The van der Waals surface area contributed by atoms with Crippen LogP contribution in [-0.2, 0) is 0 Å². The first-order chi connectivity index (χ1) is 9.38. The minimum absolute atomic E-state index is 0. The van der Waals surface area contributed by atoms with E-state index in [2.05, 4.69) is 16.7 Å². The Bertz CT molecular complexity index is 447. The number of likely N-dealkylation sites (tertiary alicyclic amines) is 1. The maximum atomic E-state index is 5.59. The molecule has 0 aliphatic carbocycles. The van der Waals surface area contributed by atoms with Crippen molar-refractivity contribution in [2.75, 3.05) is 32.8 Å². The Morgan fingerprint density at radius 3 is 2.50 bits per heavy atom. The van der Waals surface area contributed by atoms with Gasteiger partial charge in [-0.3, -0.25) is 4.90 Å². The summed E-state index contributed by atoms with van der Waals surface area (Å²) >= 11 is 0. The first-order valence-electron chi connectivity index (χ1n) is 6.92. The first kappa shape index (κ1) is 16.7. The largest absolute Gasteiger partial charge is 0.494 e. The number of nitrogens with zero attached hydrogens (tertiary/aromatic N) is 1. The Hall–Kier alpha value is -1.37. The molecule has 0 aromatic heterocycles. The lowest BCUT2D eigenvalue weighted by Gasteiger charge is -2.08. The fraction of sp³-hybridized carbons (Fsp3) is 0.500. The lowest BCUT2D eigenvalue weighted by molar-refractivity contribution is 0.332. The van der Waals surface area contributed by atoms with Crippen LogP contribution >= 0.6 is 12.4 Å². The van der Waals surface area contributed by atoms with E-state index < -0.39 is 0 Å². The van der Waals surface area contributed by atoms with Crippen molar-refractivity contribution < 1.29 is 9.47 Å². The highest BCUT2D eigenvalue weighted by atomic mass is 35.5. The highest BCUT2D eigenvalue weighted by Gasteiger charge is 2.08. The van der Waals surface area contributed by atoms with Crippen LogP contribution in [0.4, 0.5) is 0 Å². The van der Waals surface area contributed by atoms with Gasteiger partial charge >= 0.3 is 0 Å². The molecule has 1 aromatic rings. The predicted octanol–water partition coefficient (Wildman–Crippen LogP) is 2.99. The Labute approximate surface area is 127 Å². The summed E-state index contributed by atoms with van der Waals surface area (Å²) in [5.41, 5.74) is 0. The summed E-state index contributed by atoms with van der Waals surface area (Å²) in [6, 6.07) is 7.67. The average Bonchev–Trinajstić information content (AvgIpc) is 2.92. The number of benzene rings is 1. The molecule has 1 heterocycles. The summed E-state index contributed by atoms with van der Waals surface area (Å²) in [4.78, 5) is 2.38. The van der Waals surface area contributed by atoms with E-state index in [-0.39, 0.29) is 12.4 Å². The third kappa shape index (κ3) is 5.73. The highest BCUT2D eigenvalue weighted by molar-refractivity contribution is 5.85. The molecule has 1 saturated heterocycles. The third-order valence-electron chi connectivity index (χ3n) is 3.05. The van der Waals surface area contributed by atoms with Gasteiger partial charge in [0.05, 0.1) is 13.2 Å². The summed E-state index contributed by atoms with van der Waals surface area (Å²) < 4.78 is 11.0. The summed E-state index contributed by atoms with van der Waals surface area (Å²) in [7, 11) is 0. The molecule has 1 aliphatic heterocycles. The minimum Gasteiger partial charge on any atom is -0.494 e.